The molecule has 0 N–H and O–H groups in total. The van der Waals surface area contributed by atoms with Crippen LogP contribution >= 0.6 is 0 Å². The molecule has 0 unspecified atom stereocenters. The van der Waals surface area contributed by atoms with Gasteiger partial charge in [0.25, 0.3) is 0 Å². The van der Waals surface area contributed by atoms with Crippen LogP contribution in [0, 0.1) is 18.8 Å². The molecule has 3 aromatic rings. The van der Waals surface area contributed by atoms with Crippen LogP contribution in [-0.2, 0) is 6.42 Å². The summed E-state index contributed by atoms with van der Waals surface area (Å²) in [6.07, 6.45) is 1.06. The van der Waals surface area contributed by atoms with Crippen LogP contribution in [0.5, 0.6) is 0 Å². The lowest BCUT2D eigenvalue weighted by Gasteiger charge is -2.36. The summed E-state index contributed by atoms with van der Waals surface area (Å²) in [5.41, 5.74) is 6.32. The lowest BCUT2D eigenvalue weighted by atomic mass is 9.92. The van der Waals surface area contributed by atoms with Gasteiger partial charge in [0, 0.05) is 17.8 Å². The summed E-state index contributed by atoms with van der Waals surface area (Å²) in [6, 6.07) is 27.8. The molecule has 1 heteroatoms. The number of para-hydroxylation sites is 1. The van der Waals surface area contributed by atoms with Crippen LogP contribution in [0.3, 0.4) is 0 Å². The van der Waals surface area contributed by atoms with E-state index in [2.05, 4.69) is 103 Å². The summed E-state index contributed by atoms with van der Waals surface area (Å²) >= 11 is 0. The van der Waals surface area contributed by atoms with Crippen molar-refractivity contribution in [1.29, 1.82) is 0 Å². The molecule has 1 aliphatic heterocycles. The second kappa shape index (κ2) is 6.87. The highest BCUT2D eigenvalue weighted by molar-refractivity contribution is 5.55. The van der Waals surface area contributed by atoms with Gasteiger partial charge in [0.05, 0.1) is 0 Å². The zero-order chi connectivity index (χ0) is 17.1. The zero-order valence-electron chi connectivity index (χ0n) is 14.4. The van der Waals surface area contributed by atoms with Crippen molar-refractivity contribution in [3.8, 4) is 11.8 Å². The first-order valence-electron chi connectivity index (χ1n) is 8.79. The predicted octanol–water partition coefficient (Wildman–Crippen LogP) is 5.15. The van der Waals surface area contributed by atoms with Gasteiger partial charge in [-0.25, -0.2) is 0 Å². The Morgan fingerprint density at radius 1 is 0.840 bits per heavy atom. The summed E-state index contributed by atoms with van der Waals surface area (Å²) in [6.45, 7) is 3.10. The average molecular weight is 323 g/mol. The van der Waals surface area contributed by atoms with Gasteiger partial charge in [-0.1, -0.05) is 72.0 Å². The molecule has 0 fully saturated rings. The van der Waals surface area contributed by atoms with Crippen LogP contribution in [0.4, 0.5) is 5.69 Å². The Morgan fingerprint density at radius 2 is 1.56 bits per heavy atom. The second-order valence-corrected chi connectivity index (χ2v) is 6.52. The smallest absolute Gasteiger partial charge is 0.117 e. The van der Waals surface area contributed by atoms with Gasteiger partial charge < -0.3 is 4.90 Å². The van der Waals surface area contributed by atoms with Gasteiger partial charge in [-0.2, -0.15) is 0 Å². The molecular weight excluding hydrogens is 302 g/mol. The van der Waals surface area contributed by atoms with E-state index in [0.29, 0.717) is 0 Å². The van der Waals surface area contributed by atoms with E-state index >= 15 is 0 Å². The molecule has 0 saturated heterocycles. The molecule has 1 aliphatic rings. The van der Waals surface area contributed by atoms with Gasteiger partial charge in [-0.3, -0.25) is 0 Å². The van der Waals surface area contributed by atoms with Crippen molar-refractivity contribution in [2.24, 2.45) is 0 Å². The van der Waals surface area contributed by atoms with Crippen LogP contribution in [0.15, 0.2) is 78.9 Å². The zero-order valence-corrected chi connectivity index (χ0v) is 14.4. The Balaban J connectivity index is 1.75. The third kappa shape index (κ3) is 3.30. The van der Waals surface area contributed by atoms with Crippen LogP contribution in [0.1, 0.15) is 28.3 Å². The Bertz CT molecular complexity index is 914. The fourth-order valence-electron chi connectivity index (χ4n) is 3.41. The molecule has 1 nitrogen and oxygen atoms in total. The van der Waals surface area contributed by atoms with Crippen molar-refractivity contribution in [2.45, 2.75) is 19.4 Å². The Kier molecular flexibility index (Phi) is 4.27. The van der Waals surface area contributed by atoms with Crippen LogP contribution in [0.25, 0.3) is 0 Å². The molecule has 0 bridgehead atoms. The maximum absolute atomic E-state index is 3.54. The van der Waals surface area contributed by atoms with E-state index < -0.39 is 0 Å². The first-order valence-corrected chi connectivity index (χ1v) is 8.79. The van der Waals surface area contributed by atoms with E-state index in [4.69, 9.17) is 0 Å². The highest BCUT2D eigenvalue weighted by Gasteiger charge is 2.25. The van der Waals surface area contributed by atoms with E-state index in [0.717, 1.165) is 18.5 Å². The lowest BCUT2D eigenvalue weighted by molar-refractivity contribution is 0.682. The van der Waals surface area contributed by atoms with Gasteiger partial charge in [0.1, 0.15) is 6.04 Å². The van der Waals surface area contributed by atoms with Gasteiger partial charge in [0.15, 0.2) is 0 Å². The molecule has 0 saturated carbocycles. The van der Waals surface area contributed by atoms with Gasteiger partial charge in [-0.15, -0.1) is 0 Å². The van der Waals surface area contributed by atoms with Gasteiger partial charge >= 0.3 is 0 Å². The summed E-state index contributed by atoms with van der Waals surface area (Å²) in [5, 5.41) is 0. The van der Waals surface area contributed by atoms with Gasteiger partial charge in [-0.05, 0) is 48.7 Å². The number of anilines is 1. The molecule has 0 aliphatic carbocycles. The molecule has 1 atom stereocenters. The van der Waals surface area contributed by atoms with Crippen molar-refractivity contribution < 1.29 is 0 Å². The third-order valence-corrected chi connectivity index (χ3v) is 4.78. The highest BCUT2D eigenvalue weighted by atomic mass is 15.2. The SMILES string of the molecule is Cc1ccc(C#C[C@H]2c3ccccc3CCN2c2ccccc2)cc1. The van der Waals surface area contributed by atoms with Crippen LogP contribution in [-0.4, -0.2) is 6.54 Å². The first-order chi connectivity index (χ1) is 12.3. The third-order valence-electron chi connectivity index (χ3n) is 4.78. The second-order valence-electron chi connectivity index (χ2n) is 6.52. The molecule has 4 rings (SSSR count). The number of benzene rings is 3. The molecule has 0 radical (unpaired) electrons. The molecule has 1 heterocycles. The fourth-order valence-corrected chi connectivity index (χ4v) is 3.41. The fraction of sp³-hybridized carbons (Fsp3) is 0.167. The largest absolute Gasteiger partial charge is 0.353 e. The number of fused-ring (bicyclic) bond motifs is 1. The number of aryl methyl sites for hydroxylation is 1. The van der Waals surface area contributed by atoms with Crippen molar-refractivity contribution in [1.82, 2.24) is 0 Å². The summed E-state index contributed by atoms with van der Waals surface area (Å²) in [4.78, 5) is 2.42. The lowest BCUT2D eigenvalue weighted by Crippen LogP contribution is -2.34. The Labute approximate surface area is 149 Å². The summed E-state index contributed by atoms with van der Waals surface area (Å²) in [5.74, 6) is 6.93. The monoisotopic (exact) mass is 323 g/mol. The number of hydrogen-bond donors (Lipinski definition) is 0. The van der Waals surface area contributed by atoms with E-state index in [1.54, 1.807) is 0 Å². The topological polar surface area (TPSA) is 3.24 Å². The van der Waals surface area contributed by atoms with E-state index in [1.807, 2.05) is 0 Å². The maximum atomic E-state index is 3.54. The molecule has 0 aromatic heterocycles. The first kappa shape index (κ1) is 15.5. The van der Waals surface area contributed by atoms with Crippen molar-refractivity contribution in [3.05, 3.63) is 101 Å². The predicted molar refractivity (Wildman–Crippen MR) is 105 cm³/mol. The summed E-state index contributed by atoms with van der Waals surface area (Å²) in [7, 11) is 0. The Hall–Kier alpha value is -2.98. The molecule has 0 amide bonds. The quantitative estimate of drug-likeness (QED) is 0.560. The normalized spacial score (nSPS) is 15.9. The standard InChI is InChI=1S/C24H21N/c1-19-11-13-20(14-12-19)15-16-24-23-10-6-5-7-21(23)17-18-25(24)22-8-3-2-4-9-22/h2-14,24H,17-18H2,1H3/t24-/m0/s1. The van der Waals surface area contributed by atoms with Crippen molar-refractivity contribution in [2.75, 3.05) is 11.4 Å². The molecular formula is C24H21N. The molecule has 25 heavy (non-hydrogen) atoms. The van der Waals surface area contributed by atoms with Crippen molar-refractivity contribution in [3.63, 3.8) is 0 Å². The number of rotatable bonds is 1. The minimum Gasteiger partial charge on any atom is -0.353 e. The molecule has 122 valence electrons. The van der Waals surface area contributed by atoms with Crippen LogP contribution in [0.2, 0.25) is 0 Å². The Morgan fingerprint density at radius 3 is 2.36 bits per heavy atom. The summed E-state index contributed by atoms with van der Waals surface area (Å²) < 4.78 is 0. The average Bonchev–Trinajstić information content (AvgIpc) is 2.68. The van der Waals surface area contributed by atoms with Crippen molar-refractivity contribution >= 4 is 5.69 Å². The van der Waals surface area contributed by atoms with E-state index in [-0.39, 0.29) is 6.04 Å². The number of nitrogens with zero attached hydrogens (tertiary/aromatic N) is 1. The minimum atomic E-state index is 0.0913. The van der Waals surface area contributed by atoms with Crippen LogP contribution < -0.4 is 4.90 Å². The molecule has 0 spiro atoms. The molecule has 3 aromatic carbocycles. The van der Waals surface area contributed by atoms with E-state index in [9.17, 15) is 0 Å². The number of hydrogen-bond acceptors (Lipinski definition) is 1. The minimum absolute atomic E-state index is 0.0913. The maximum Gasteiger partial charge on any atom is 0.117 e. The highest BCUT2D eigenvalue weighted by Crippen LogP contribution is 2.33. The van der Waals surface area contributed by atoms with E-state index in [1.165, 1.54) is 22.4 Å². The van der Waals surface area contributed by atoms with Gasteiger partial charge in [0.2, 0.25) is 0 Å².